The minimum Gasteiger partial charge on any atom is -0.507 e. The summed E-state index contributed by atoms with van der Waals surface area (Å²) in [6.07, 6.45) is 5.38. The van der Waals surface area contributed by atoms with Crippen LogP contribution in [0.15, 0.2) is 12.1 Å². The van der Waals surface area contributed by atoms with E-state index in [1.165, 1.54) is 12.5 Å². The summed E-state index contributed by atoms with van der Waals surface area (Å²) in [5.74, 6) is 0.201. The van der Waals surface area contributed by atoms with E-state index in [1.807, 2.05) is 0 Å². The Bertz CT molecular complexity index is 482. The van der Waals surface area contributed by atoms with Crippen molar-refractivity contribution < 1.29 is 10.0 Å². The predicted octanol–water partition coefficient (Wildman–Crippen LogP) is 3.19. The number of benzene rings is 1. The van der Waals surface area contributed by atoms with Gasteiger partial charge in [0.25, 0.3) is 5.69 Å². The Morgan fingerprint density at radius 3 is 2.58 bits per heavy atom. The molecule has 19 heavy (non-hydrogen) atoms. The number of phenolic OH excluding ortho intramolecular Hbond substituents is 1. The summed E-state index contributed by atoms with van der Waals surface area (Å²) in [6.45, 7) is 1.73. The van der Waals surface area contributed by atoms with E-state index in [9.17, 15) is 15.2 Å². The SMILES string of the molecule is Cc1ccc([N+](=O)[O-])c([C@H](N)C2CCCCC2)c1O. The molecule has 0 aliphatic heterocycles. The molecule has 3 N–H and O–H groups in total. The molecule has 1 saturated carbocycles. The van der Waals surface area contributed by atoms with Gasteiger partial charge in [-0.3, -0.25) is 10.1 Å². The van der Waals surface area contributed by atoms with Gasteiger partial charge in [0.1, 0.15) is 5.75 Å². The van der Waals surface area contributed by atoms with Crippen LogP contribution >= 0.6 is 0 Å². The van der Waals surface area contributed by atoms with E-state index in [2.05, 4.69) is 0 Å². The van der Waals surface area contributed by atoms with E-state index >= 15 is 0 Å². The highest BCUT2D eigenvalue weighted by molar-refractivity contribution is 5.54. The van der Waals surface area contributed by atoms with Crippen molar-refractivity contribution >= 4 is 5.69 Å². The molecule has 0 spiro atoms. The van der Waals surface area contributed by atoms with E-state index in [4.69, 9.17) is 5.73 Å². The summed E-state index contributed by atoms with van der Waals surface area (Å²) in [7, 11) is 0. The summed E-state index contributed by atoms with van der Waals surface area (Å²) in [6, 6.07) is 2.54. The van der Waals surface area contributed by atoms with Gasteiger partial charge in [0.05, 0.1) is 10.5 Å². The van der Waals surface area contributed by atoms with Gasteiger partial charge in [-0.2, -0.15) is 0 Å². The minimum absolute atomic E-state index is 0.0210. The largest absolute Gasteiger partial charge is 0.507 e. The molecular formula is C14H20N2O3. The second-order valence-corrected chi connectivity index (χ2v) is 5.34. The summed E-state index contributed by atoms with van der Waals surface area (Å²) >= 11 is 0. The van der Waals surface area contributed by atoms with Crippen LogP contribution in [0, 0.1) is 23.0 Å². The molecule has 5 heteroatoms. The van der Waals surface area contributed by atoms with Crippen LogP contribution in [-0.4, -0.2) is 10.0 Å². The molecule has 0 heterocycles. The van der Waals surface area contributed by atoms with E-state index < -0.39 is 11.0 Å². The maximum absolute atomic E-state index is 11.1. The van der Waals surface area contributed by atoms with Crippen molar-refractivity contribution in [3.63, 3.8) is 0 Å². The van der Waals surface area contributed by atoms with E-state index in [1.54, 1.807) is 13.0 Å². The maximum atomic E-state index is 11.1. The van der Waals surface area contributed by atoms with Gasteiger partial charge in [0.2, 0.25) is 0 Å². The second kappa shape index (κ2) is 5.57. The predicted molar refractivity (Wildman–Crippen MR) is 73.0 cm³/mol. The molecule has 1 fully saturated rings. The molecular weight excluding hydrogens is 244 g/mol. The number of hydrogen-bond donors (Lipinski definition) is 2. The first kappa shape index (κ1) is 13.8. The van der Waals surface area contributed by atoms with Crippen molar-refractivity contribution in [3.05, 3.63) is 33.4 Å². The van der Waals surface area contributed by atoms with Crippen molar-refractivity contribution in [3.8, 4) is 5.75 Å². The van der Waals surface area contributed by atoms with E-state index in [-0.39, 0.29) is 17.4 Å². The summed E-state index contributed by atoms with van der Waals surface area (Å²) < 4.78 is 0. The fraction of sp³-hybridized carbons (Fsp3) is 0.571. The molecule has 1 atom stereocenters. The lowest BCUT2D eigenvalue weighted by Gasteiger charge is -2.28. The average molecular weight is 264 g/mol. The topological polar surface area (TPSA) is 89.4 Å². The number of nitro groups is 1. The normalized spacial score (nSPS) is 18.2. The molecule has 1 aromatic carbocycles. The standard InChI is InChI=1S/C14H20N2O3/c1-9-7-8-11(16(18)19)12(14(9)17)13(15)10-5-3-2-4-6-10/h7-8,10,13,17H,2-6,15H2,1H3/t13-/m1/s1. The Morgan fingerprint density at radius 2 is 2.00 bits per heavy atom. The monoisotopic (exact) mass is 264 g/mol. The Morgan fingerprint density at radius 1 is 1.37 bits per heavy atom. The zero-order valence-corrected chi connectivity index (χ0v) is 11.1. The van der Waals surface area contributed by atoms with Gasteiger partial charge in [0, 0.05) is 12.1 Å². The van der Waals surface area contributed by atoms with Gasteiger partial charge in [0.15, 0.2) is 0 Å². The Labute approximate surface area is 112 Å². The number of nitrogens with zero attached hydrogens (tertiary/aromatic N) is 1. The van der Waals surface area contributed by atoms with Crippen molar-refractivity contribution in [2.75, 3.05) is 0 Å². The molecule has 5 nitrogen and oxygen atoms in total. The highest BCUT2D eigenvalue weighted by atomic mass is 16.6. The fourth-order valence-electron chi connectivity index (χ4n) is 2.92. The quantitative estimate of drug-likeness (QED) is 0.648. The fourth-order valence-corrected chi connectivity index (χ4v) is 2.92. The smallest absolute Gasteiger partial charge is 0.277 e. The zero-order valence-electron chi connectivity index (χ0n) is 11.1. The molecule has 0 aromatic heterocycles. The van der Waals surface area contributed by atoms with Gasteiger partial charge in [-0.1, -0.05) is 19.3 Å². The molecule has 2 rings (SSSR count). The average Bonchev–Trinajstić information content (AvgIpc) is 2.41. The van der Waals surface area contributed by atoms with Gasteiger partial charge in [-0.15, -0.1) is 0 Å². The molecule has 1 aliphatic carbocycles. The van der Waals surface area contributed by atoms with Gasteiger partial charge >= 0.3 is 0 Å². The Kier molecular flexibility index (Phi) is 4.04. The molecule has 0 unspecified atom stereocenters. The van der Waals surface area contributed by atoms with Crippen LogP contribution in [0.2, 0.25) is 0 Å². The first-order valence-corrected chi connectivity index (χ1v) is 6.74. The zero-order chi connectivity index (χ0) is 14.0. The number of phenols is 1. The summed E-state index contributed by atoms with van der Waals surface area (Å²) in [5.41, 5.74) is 7.08. The highest BCUT2D eigenvalue weighted by Gasteiger charge is 2.30. The van der Waals surface area contributed by atoms with Gasteiger partial charge < -0.3 is 10.8 Å². The summed E-state index contributed by atoms with van der Waals surface area (Å²) in [4.78, 5) is 10.7. The number of nitro benzene ring substituents is 1. The first-order valence-electron chi connectivity index (χ1n) is 6.74. The molecule has 0 radical (unpaired) electrons. The minimum atomic E-state index is -0.461. The lowest BCUT2D eigenvalue weighted by atomic mass is 9.80. The number of nitrogens with two attached hydrogens (primary N) is 1. The van der Waals surface area contributed by atoms with Crippen LogP contribution in [0.5, 0.6) is 5.75 Å². The summed E-state index contributed by atoms with van der Waals surface area (Å²) in [5, 5.41) is 21.3. The highest BCUT2D eigenvalue weighted by Crippen LogP contribution is 2.41. The van der Waals surface area contributed by atoms with Crippen LogP contribution in [0.1, 0.15) is 49.3 Å². The Hall–Kier alpha value is -1.62. The third kappa shape index (κ3) is 2.71. The van der Waals surface area contributed by atoms with E-state index in [0.717, 1.165) is 25.7 Å². The van der Waals surface area contributed by atoms with Crippen LogP contribution in [0.3, 0.4) is 0 Å². The van der Waals surface area contributed by atoms with Crippen LogP contribution < -0.4 is 5.73 Å². The lowest BCUT2D eigenvalue weighted by molar-refractivity contribution is -0.385. The molecule has 0 amide bonds. The van der Waals surface area contributed by atoms with Crippen molar-refractivity contribution in [1.82, 2.24) is 0 Å². The number of rotatable bonds is 3. The number of hydrogen-bond acceptors (Lipinski definition) is 4. The number of aryl methyl sites for hydroxylation is 1. The molecule has 104 valence electrons. The van der Waals surface area contributed by atoms with Gasteiger partial charge in [-0.25, -0.2) is 0 Å². The second-order valence-electron chi connectivity index (χ2n) is 5.34. The van der Waals surface area contributed by atoms with Crippen LogP contribution in [0.25, 0.3) is 0 Å². The molecule has 0 saturated heterocycles. The third-order valence-corrected chi connectivity index (χ3v) is 4.08. The third-order valence-electron chi connectivity index (χ3n) is 4.08. The van der Waals surface area contributed by atoms with Crippen molar-refractivity contribution in [2.45, 2.75) is 45.1 Å². The molecule has 0 bridgehead atoms. The van der Waals surface area contributed by atoms with E-state index in [0.29, 0.717) is 11.1 Å². The maximum Gasteiger partial charge on any atom is 0.277 e. The van der Waals surface area contributed by atoms with Crippen molar-refractivity contribution in [2.24, 2.45) is 11.7 Å². The number of aromatic hydroxyl groups is 1. The Balaban J connectivity index is 2.41. The van der Waals surface area contributed by atoms with Crippen LogP contribution in [-0.2, 0) is 0 Å². The first-order chi connectivity index (χ1) is 9.02. The molecule has 1 aliphatic rings. The molecule has 1 aromatic rings. The van der Waals surface area contributed by atoms with Crippen LogP contribution in [0.4, 0.5) is 5.69 Å². The van der Waals surface area contributed by atoms with Gasteiger partial charge in [-0.05, 0) is 37.3 Å². The van der Waals surface area contributed by atoms with Crippen molar-refractivity contribution in [1.29, 1.82) is 0 Å². The lowest BCUT2D eigenvalue weighted by Crippen LogP contribution is -2.24.